The number of hydrogen-bond acceptors (Lipinski definition) is 2. The van der Waals surface area contributed by atoms with Crippen molar-refractivity contribution in [1.29, 1.82) is 0 Å². The molecule has 3 heteroatoms. The van der Waals surface area contributed by atoms with Crippen LogP contribution in [0.25, 0.3) is 0 Å². The van der Waals surface area contributed by atoms with E-state index in [0.29, 0.717) is 12.8 Å². The highest BCUT2D eigenvalue weighted by Crippen LogP contribution is 2.42. The fourth-order valence-electron chi connectivity index (χ4n) is 3.18. The average molecular weight is 262 g/mol. The van der Waals surface area contributed by atoms with Crippen LogP contribution < -0.4 is 0 Å². The van der Waals surface area contributed by atoms with Gasteiger partial charge in [0.2, 0.25) is 0 Å². The van der Waals surface area contributed by atoms with Gasteiger partial charge in [0.1, 0.15) is 5.60 Å². The number of unbranched alkanes of at least 4 members (excludes halogenated alkanes) is 1. The first-order valence-corrected chi connectivity index (χ1v) is 7.13. The number of hydrogen-bond donors (Lipinski definition) is 2. The third-order valence-corrected chi connectivity index (χ3v) is 4.21. The average Bonchev–Trinajstić information content (AvgIpc) is 2.39. The zero-order valence-electron chi connectivity index (χ0n) is 11.4. The third-order valence-electron chi connectivity index (χ3n) is 4.21. The third kappa shape index (κ3) is 2.66. The summed E-state index contributed by atoms with van der Waals surface area (Å²) in [6, 6.07) is 7.72. The molecule has 0 fully saturated rings. The summed E-state index contributed by atoms with van der Waals surface area (Å²) in [5, 5.41) is 20.5. The molecule has 0 aliphatic heterocycles. The Balaban J connectivity index is 2.37. The van der Waals surface area contributed by atoms with Crippen molar-refractivity contribution in [2.24, 2.45) is 5.92 Å². The summed E-state index contributed by atoms with van der Waals surface area (Å²) >= 11 is 0. The van der Waals surface area contributed by atoms with Crippen LogP contribution in [0.4, 0.5) is 0 Å². The lowest BCUT2D eigenvalue weighted by atomic mass is 9.70. The molecule has 2 unspecified atom stereocenters. The summed E-state index contributed by atoms with van der Waals surface area (Å²) in [5.41, 5.74) is 0.722. The number of benzene rings is 1. The SMILES string of the molecule is CCCCC(C(=O)O)C1(O)CCCc2ccccc21. The van der Waals surface area contributed by atoms with Crippen LogP contribution in [0.3, 0.4) is 0 Å². The van der Waals surface area contributed by atoms with Crippen molar-refractivity contribution in [3.8, 4) is 0 Å². The number of carbonyl (C=O) groups is 1. The number of rotatable bonds is 5. The molecule has 1 aromatic rings. The standard InChI is InChI=1S/C16H22O3/c1-2-3-9-14(15(17)18)16(19)11-6-8-12-7-4-5-10-13(12)16/h4-5,7,10,14,19H,2-3,6,8-9,11H2,1H3,(H,17,18). The maximum absolute atomic E-state index is 11.6. The normalized spacial score (nSPS) is 23.7. The fourth-order valence-corrected chi connectivity index (χ4v) is 3.18. The maximum atomic E-state index is 11.6. The predicted octanol–water partition coefficient (Wildman–Crippen LogP) is 3.10. The first-order chi connectivity index (χ1) is 9.09. The first kappa shape index (κ1) is 14.1. The van der Waals surface area contributed by atoms with E-state index in [9.17, 15) is 15.0 Å². The zero-order valence-corrected chi connectivity index (χ0v) is 11.4. The molecule has 0 heterocycles. The van der Waals surface area contributed by atoms with E-state index in [2.05, 4.69) is 0 Å². The van der Waals surface area contributed by atoms with Gasteiger partial charge in [-0.3, -0.25) is 4.79 Å². The van der Waals surface area contributed by atoms with Gasteiger partial charge in [0, 0.05) is 0 Å². The molecular formula is C16H22O3. The Hall–Kier alpha value is -1.35. The van der Waals surface area contributed by atoms with Crippen LogP contribution in [0.2, 0.25) is 0 Å². The monoisotopic (exact) mass is 262 g/mol. The predicted molar refractivity (Wildman–Crippen MR) is 73.9 cm³/mol. The van der Waals surface area contributed by atoms with Crippen molar-refractivity contribution < 1.29 is 15.0 Å². The van der Waals surface area contributed by atoms with Crippen LogP contribution in [0.1, 0.15) is 50.2 Å². The van der Waals surface area contributed by atoms with Crippen molar-refractivity contribution in [2.75, 3.05) is 0 Å². The Morgan fingerprint density at radius 2 is 2.16 bits per heavy atom. The van der Waals surface area contributed by atoms with E-state index < -0.39 is 17.5 Å². The molecule has 0 spiro atoms. The lowest BCUT2D eigenvalue weighted by Gasteiger charge is -2.39. The molecule has 0 amide bonds. The van der Waals surface area contributed by atoms with Crippen molar-refractivity contribution in [3.05, 3.63) is 35.4 Å². The second kappa shape index (κ2) is 5.74. The lowest BCUT2D eigenvalue weighted by Crippen LogP contribution is -2.42. The number of aryl methyl sites for hydroxylation is 1. The number of carboxylic acid groups (broad SMARTS) is 1. The summed E-state index contributed by atoms with van der Waals surface area (Å²) < 4.78 is 0. The van der Waals surface area contributed by atoms with E-state index in [1.165, 1.54) is 0 Å². The summed E-state index contributed by atoms with van der Waals surface area (Å²) in [4.78, 5) is 11.6. The second-order valence-corrected chi connectivity index (χ2v) is 5.47. The number of aliphatic carboxylic acids is 1. The molecule has 104 valence electrons. The van der Waals surface area contributed by atoms with Crippen molar-refractivity contribution in [1.82, 2.24) is 0 Å². The molecule has 2 atom stereocenters. The Morgan fingerprint density at radius 1 is 1.42 bits per heavy atom. The highest BCUT2D eigenvalue weighted by Gasteiger charge is 2.44. The molecular weight excluding hydrogens is 240 g/mol. The molecule has 0 bridgehead atoms. The van der Waals surface area contributed by atoms with Gasteiger partial charge in [0.15, 0.2) is 0 Å². The molecule has 0 aromatic heterocycles. The Morgan fingerprint density at radius 3 is 2.84 bits per heavy atom. The van der Waals surface area contributed by atoms with Gasteiger partial charge in [-0.25, -0.2) is 0 Å². The Labute approximate surface area is 114 Å². The molecule has 2 N–H and O–H groups in total. The van der Waals surface area contributed by atoms with Gasteiger partial charge in [-0.2, -0.15) is 0 Å². The molecule has 1 aliphatic rings. The van der Waals surface area contributed by atoms with Crippen LogP contribution >= 0.6 is 0 Å². The molecule has 1 aliphatic carbocycles. The highest BCUT2D eigenvalue weighted by molar-refractivity contribution is 5.72. The quantitative estimate of drug-likeness (QED) is 0.857. The second-order valence-electron chi connectivity index (χ2n) is 5.47. The van der Waals surface area contributed by atoms with Gasteiger partial charge in [-0.05, 0) is 36.8 Å². The summed E-state index contributed by atoms with van der Waals surface area (Å²) in [5.74, 6) is -1.58. The molecule has 1 aromatic carbocycles. The van der Waals surface area contributed by atoms with E-state index in [0.717, 1.165) is 36.8 Å². The Kier molecular flexibility index (Phi) is 4.25. The summed E-state index contributed by atoms with van der Waals surface area (Å²) in [7, 11) is 0. The van der Waals surface area contributed by atoms with Crippen molar-refractivity contribution in [3.63, 3.8) is 0 Å². The van der Waals surface area contributed by atoms with E-state index in [4.69, 9.17) is 0 Å². The van der Waals surface area contributed by atoms with Crippen molar-refractivity contribution in [2.45, 2.75) is 51.0 Å². The molecule has 0 saturated heterocycles. The van der Waals surface area contributed by atoms with Crippen LogP contribution in [-0.2, 0) is 16.8 Å². The van der Waals surface area contributed by atoms with Gasteiger partial charge in [0.05, 0.1) is 5.92 Å². The fraction of sp³-hybridized carbons (Fsp3) is 0.562. The van der Waals surface area contributed by atoms with Gasteiger partial charge >= 0.3 is 5.97 Å². The molecule has 3 nitrogen and oxygen atoms in total. The van der Waals surface area contributed by atoms with Crippen molar-refractivity contribution >= 4 is 5.97 Å². The molecule has 0 radical (unpaired) electrons. The minimum absolute atomic E-state index is 0.538. The van der Waals surface area contributed by atoms with Gasteiger partial charge in [0.25, 0.3) is 0 Å². The zero-order chi connectivity index (χ0) is 13.9. The summed E-state index contributed by atoms with van der Waals surface area (Å²) in [6.07, 6.45) is 4.65. The molecule has 0 saturated carbocycles. The number of aliphatic hydroxyl groups is 1. The largest absolute Gasteiger partial charge is 0.481 e. The minimum Gasteiger partial charge on any atom is -0.481 e. The smallest absolute Gasteiger partial charge is 0.309 e. The van der Waals surface area contributed by atoms with Gasteiger partial charge < -0.3 is 10.2 Å². The minimum atomic E-state index is -1.20. The van der Waals surface area contributed by atoms with E-state index in [1.54, 1.807) is 0 Å². The molecule has 19 heavy (non-hydrogen) atoms. The summed E-state index contributed by atoms with van der Waals surface area (Å²) in [6.45, 7) is 2.04. The van der Waals surface area contributed by atoms with Crippen LogP contribution in [-0.4, -0.2) is 16.2 Å². The van der Waals surface area contributed by atoms with E-state index in [-0.39, 0.29) is 0 Å². The Bertz CT molecular complexity index is 455. The van der Waals surface area contributed by atoms with Gasteiger partial charge in [-0.15, -0.1) is 0 Å². The lowest BCUT2D eigenvalue weighted by molar-refractivity contribution is -0.155. The number of fused-ring (bicyclic) bond motifs is 1. The highest BCUT2D eigenvalue weighted by atomic mass is 16.4. The van der Waals surface area contributed by atoms with Crippen LogP contribution in [0, 0.1) is 5.92 Å². The van der Waals surface area contributed by atoms with E-state index in [1.807, 2.05) is 31.2 Å². The van der Waals surface area contributed by atoms with Crippen LogP contribution in [0.5, 0.6) is 0 Å². The maximum Gasteiger partial charge on any atom is 0.309 e. The van der Waals surface area contributed by atoms with E-state index >= 15 is 0 Å². The van der Waals surface area contributed by atoms with Crippen LogP contribution in [0.15, 0.2) is 24.3 Å². The topological polar surface area (TPSA) is 57.5 Å². The van der Waals surface area contributed by atoms with Gasteiger partial charge in [-0.1, -0.05) is 44.0 Å². The first-order valence-electron chi connectivity index (χ1n) is 7.13. The molecule has 2 rings (SSSR count). The number of carboxylic acids is 1.